The number of hydrogen-bond donors (Lipinski definition) is 1. The number of benzene rings is 1. The molecule has 0 spiro atoms. The van der Waals surface area contributed by atoms with Gasteiger partial charge < -0.3 is 15.1 Å². The van der Waals surface area contributed by atoms with Crippen molar-refractivity contribution in [1.82, 2.24) is 15.0 Å². The summed E-state index contributed by atoms with van der Waals surface area (Å²) in [4.78, 5) is 17.3. The zero-order valence-corrected chi connectivity index (χ0v) is 16.5. The first-order valence-electron chi connectivity index (χ1n) is 9.48. The smallest absolute Gasteiger partial charge is 0.158 e. The van der Waals surface area contributed by atoms with E-state index in [1.54, 1.807) is 24.7 Å². The molecule has 0 saturated heterocycles. The van der Waals surface area contributed by atoms with E-state index in [9.17, 15) is 4.39 Å². The van der Waals surface area contributed by atoms with Crippen LogP contribution in [0.15, 0.2) is 61.3 Å². The molecule has 1 aliphatic rings. The van der Waals surface area contributed by atoms with E-state index >= 15 is 0 Å². The Morgan fingerprint density at radius 2 is 2.10 bits per heavy atom. The van der Waals surface area contributed by atoms with Crippen LogP contribution < -0.4 is 15.1 Å². The van der Waals surface area contributed by atoms with Crippen molar-refractivity contribution in [3.05, 3.63) is 72.7 Å². The largest absolute Gasteiger partial charge is 0.372 e. The predicted octanol–water partition coefficient (Wildman–Crippen LogP) is 3.78. The van der Waals surface area contributed by atoms with Crippen LogP contribution in [0.1, 0.15) is 12.0 Å². The lowest BCUT2D eigenvalue weighted by molar-refractivity contribution is 0.624. The van der Waals surface area contributed by atoms with Crippen molar-refractivity contribution in [1.29, 1.82) is 5.26 Å². The van der Waals surface area contributed by atoms with E-state index in [-0.39, 0.29) is 5.56 Å². The van der Waals surface area contributed by atoms with Gasteiger partial charge in [-0.2, -0.15) is 5.26 Å². The molecule has 1 aromatic carbocycles. The molecule has 0 fully saturated rings. The maximum Gasteiger partial charge on any atom is 0.158 e. The van der Waals surface area contributed by atoms with Crippen LogP contribution in [0.3, 0.4) is 0 Å². The topological polar surface area (TPSA) is 81.0 Å². The van der Waals surface area contributed by atoms with E-state index in [1.807, 2.05) is 30.1 Å². The number of halogens is 1. The minimum Gasteiger partial charge on any atom is -0.372 e. The fourth-order valence-corrected chi connectivity index (χ4v) is 3.40. The Morgan fingerprint density at radius 3 is 2.87 bits per heavy atom. The van der Waals surface area contributed by atoms with E-state index in [0.29, 0.717) is 29.4 Å². The van der Waals surface area contributed by atoms with Crippen molar-refractivity contribution in [3.8, 4) is 17.3 Å². The van der Waals surface area contributed by atoms with Crippen molar-refractivity contribution >= 4 is 17.3 Å². The van der Waals surface area contributed by atoms with Crippen molar-refractivity contribution in [2.45, 2.75) is 6.42 Å². The van der Waals surface area contributed by atoms with Crippen molar-refractivity contribution in [2.75, 3.05) is 35.3 Å². The van der Waals surface area contributed by atoms with Crippen molar-refractivity contribution < 1.29 is 4.39 Å². The minimum atomic E-state index is -0.543. The molecule has 0 radical (unpaired) electrons. The molecule has 1 N–H and O–H groups in total. The number of pyridine rings is 1. The van der Waals surface area contributed by atoms with Gasteiger partial charge in [-0.05, 0) is 36.8 Å². The molecule has 0 aliphatic carbocycles. The molecule has 4 rings (SSSR count). The molecule has 0 atom stereocenters. The van der Waals surface area contributed by atoms with E-state index in [1.165, 1.54) is 12.1 Å². The molecular formula is C22H20FN7. The van der Waals surface area contributed by atoms with E-state index < -0.39 is 5.82 Å². The van der Waals surface area contributed by atoms with Gasteiger partial charge in [0.25, 0.3) is 0 Å². The first kappa shape index (κ1) is 19.3. The molecule has 30 heavy (non-hydrogen) atoms. The van der Waals surface area contributed by atoms with Gasteiger partial charge in [-0.1, -0.05) is 6.58 Å². The summed E-state index contributed by atoms with van der Waals surface area (Å²) in [6.45, 7) is 5.76. The molecule has 1 aliphatic heterocycles. The van der Waals surface area contributed by atoms with Crippen LogP contribution in [-0.2, 0) is 0 Å². The fourth-order valence-electron chi connectivity index (χ4n) is 3.40. The van der Waals surface area contributed by atoms with Crippen molar-refractivity contribution in [2.24, 2.45) is 0 Å². The number of nitrogens with zero attached hydrogens (tertiary/aromatic N) is 6. The van der Waals surface area contributed by atoms with Gasteiger partial charge in [0.15, 0.2) is 5.82 Å². The van der Waals surface area contributed by atoms with Gasteiger partial charge in [-0.3, -0.25) is 4.98 Å². The van der Waals surface area contributed by atoms with Crippen LogP contribution in [0.5, 0.6) is 0 Å². The molecule has 0 saturated carbocycles. The second-order valence-corrected chi connectivity index (χ2v) is 6.93. The average Bonchev–Trinajstić information content (AvgIpc) is 2.93. The Bertz CT molecular complexity index is 1120. The van der Waals surface area contributed by atoms with E-state index in [4.69, 9.17) is 10.2 Å². The molecule has 7 nitrogen and oxygen atoms in total. The average molecular weight is 401 g/mol. The first-order chi connectivity index (χ1) is 14.6. The van der Waals surface area contributed by atoms with Gasteiger partial charge in [-0.15, -0.1) is 0 Å². The van der Waals surface area contributed by atoms with Gasteiger partial charge in [0.05, 0.1) is 23.1 Å². The molecule has 0 amide bonds. The van der Waals surface area contributed by atoms with Gasteiger partial charge in [0.2, 0.25) is 0 Å². The molecule has 150 valence electrons. The SMILES string of the molecule is C=C(Nc1cnccn1)N1CCCN(C)c2ccc(-c3ccc(F)c(C#N)c3)nc21. The second-order valence-electron chi connectivity index (χ2n) is 6.93. The lowest BCUT2D eigenvalue weighted by atomic mass is 10.1. The molecule has 2 aromatic heterocycles. The first-order valence-corrected chi connectivity index (χ1v) is 9.48. The highest BCUT2D eigenvalue weighted by atomic mass is 19.1. The number of aromatic nitrogens is 3. The van der Waals surface area contributed by atoms with Gasteiger partial charge in [-0.25, -0.2) is 14.4 Å². The summed E-state index contributed by atoms with van der Waals surface area (Å²) < 4.78 is 13.8. The number of fused-ring (bicyclic) bond motifs is 1. The number of anilines is 3. The molecule has 8 heteroatoms. The zero-order valence-electron chi connectivity index (χ0n) is 16.5. The lowest BCUT2D eigenvalue weighted by Crippen LogP contribution is -2.28. The van der Waals surface area contributed by atoms with Gasteiger partial charge >= 0.3 is 0 Å². The summed E-state index contributed by atoms with van der Waals surface area (Å²) in [7, 11) is 2.02. The summed E-state index contributed by atoms with van der Waals surface area (Å²) in [6, 6.07) is 10.2. The van der Waals surface area contributed by atoms with Crippen LogP contribution in [0, 0.1) is 17.1 Å². The van der Waals surface area contributed by atoms with Crippen LogP contribution in [0.25, 0.3) is 11.3 Å². The lowest BCUT2D eigenvalue weighted by Gasteiger charge is -2.27. The number of nitrogens with one attached hydrogen (secondary N) is 1. The maximum atomic E-state index is 13.8. The summed E-state index contributed by atoms with van der Waals surface area (Å²) in [5, 5.41) is 12.3. The third-order valence-electron chi connectivity index (χ3n) is 4.94. The zero-order chi connectivity index (χ0) is 21.1. The summed E-state index contributed by atoms with van der Waals surface area (Å²) in [6.07, 6.45) is 5.76. The molecule has 3 heterocycles. The quantitative estimate of drug-likeness (QED) is 0.712. The fraction of sp³-hybridized carbons (Fsp3) is 0.182. The Balaban J connectivity index is 1.74. The van der Waals surface area contributed by atoms with E-state index in [2.05, 4.69) is 26.8 Å². The van der Waals surface area contributed by atoms with Crippen LogP contribution >= 0.6 is 0 Å². The molecule has 0 bridgehead atoms. The van der Waals surface area contributed by atoms with Crippen LogP contribution in [-0.4, -0.2) is 35.1 Å². The summed E-state index contributed by atoms with van der Waals surface area (Å²) in [5.41, 5.74) is 2.28. The molecule has 0 unspecified atom stereocenters. The maximum absolute atomic E-state index is 13.8. The van der Waals surface area contributed by atoms with Gasteiger partial charge in [0.1, 0.15) is 23.5 Å². The van der Waals surface area contributed by atoms with Crippen molar-refractivity contribution in [3.63, 3.8) is 0 Å². The third-order valence-corrected chi connectivity index (χ3v) is 4.94. The number of nitriles is 1. The Labute approximate surface area is 174 Å². The standard InChI is InChI=1S/C22H20FN7/c1-15(27-21-14-25-8-9-26-21)30-11-3-10-29(2)20-7-6-19(28-22(20)30)16-4-5-18(23)17(12-16)13-24/h4-9,12,14H,1,3,10-11H2,2H3,(H,26,27). The van der Waals surface area contributed by atoms with Crippen LogP contribution in [0.4, 0.5) is 21.7 Å². The number of hydrogen-bond acceptors (Lipinski definition) is 7. The minimum absolute atomic E-state index is 0.00746. The predicted molar refractivity (Wildman–Crippen MR) is 114 cm³/mol. The Hall–Kier alpha value is -3.99. The number of rotatable bonds is 4. The highest BCUT2D eigenvalue weighted by Crippen LogP contribution is 2.34. The van der Waals surface area contributed by atoms with E-state index in [0.717, 1.165) is 24.5 Å². The molecular weight excluding hydrogens is 381 g/mol. The second kappa shape index (κ2) is 8.17. The Morgan fingerprint density at radius 1 is 1.23 bits per heavy atom. The highest BCUT2D eigenvalue weighted by molar-refractivity contribution is 5.75. The summed E-state index contributed by atoms with van der Waals surface area (Å²) in [5.74, 6) is 1.42. The van der Waals surface area contributed by atoms with Gasteiger partial charge in [0, 0.05) is 38.1 Å². The molecule has 3 aromatic rings. The third kappa shape index (κ3) is 3.78. The Kier molecular flexibility index (Phi) is 5.26. The summed E-state index contributed by atoms with van der Waals surface area (Å²) >= 11 is 0. The monoisotopic (exact) mass is 401 g/mol. The highest BCUT2D eigenvalue weighted by Gasteiger charge is 2.23. The van der Waals surface area contributed by atoms with Crippen LogP contribution in [0.2, 0.25) is 0 Å². The normalized spacial score (nSPS) is 13.2.